The van der Waals surface area contributed by atoms with Crippen LogP contribution in [-0.2, 0) is 9.53 Å². The number of esters is 1. The summed E-state index contributed by atoms with van der Waals surface area (Å²) in [5, 5.41) is 3.23. The predicted molar refractivity (Wildman–Crippen MR) is 89.7 cm³/mol. The summed E-state index contributed by atoms with van der Waals surface area (Å²) in [6.45, 7) is 1.96. The van der Waals surface area contributed by atoms with E-state index >= 15 is 0 Å². The summed E-state index contributed by atoms with van der Waals surface area (Å²) >= 11 is 8.96. The van der Waals surface area contributed by atoms with Crippen LogP contribution in [0.5, 0.6) is 0 Å². The quantitative estimate of drug-likeness (QED) is 0.431. The minimum absolute atomic E-state index is 0.0608. The summed E-state index contributed by atoms with van der Waals surface area (Å²) in [4.78, 5) is 32.2. The third-order valence-corrected chi connectivity index (χ3v) is 4.28. The van der Waals surface area contributed by atoms with E-state index in [1.54, 1.807) is 11.8 Å². The minimum Gasteiger partial charge on any atom is -0.467 e. The van der Waals surface area contributed by atoms with Crippen molar-refractivity contribution in [2.45, 2.75) is 24.5 Å². The summed E-state index contributed by atoms with van der Waals surface area (Å²) in [6, 6.07) is -0.724. The van der Waals surface area contributed by atoms with Crippen LogP contribution in [0.3, 0.4) is 0 Å². The highest BCUT2D eigenvalue weighted by Gasteiger charge is 2.24. The molecule has 1 aromatic heterocycles. The molecule has 1 aromatic rings. The van der Waals surface area contributed by atoms with Crippen LogP contribution in [0.15, 0.2) is 11.4 Å². The van der Waals surface area contributed by atoms with Gasteiger partial charge in [0.05, 0.1) is 18.3 Å². The van der Waals surface area contributed by atoms with Gasteiger partial charge in [0.25, 0.3) is 5.91 Å². The number of rotatable bonds is 8. The van der Waals surface area contributed by atoms with Gasteiger partial charge in [0, 0.05) is 0 Å². The Kier molecular flexibility index (Phi) is 8.59. The first kappa shape index (κ1) is 19.1. The number of methoxy groups -OCH3 is 1. The van der Waals surface area contributed by atoms with Crippen molar-refractivity contribution >= 4 is 47.0 Å². The van der Waals surface area contributed by atoms with Crippen molar-refractivity contribution in [3.05, 3.63) is 16.9 Å². The molecule has 0 aromatic carbocycles. The van der Waals surface area contributed by atoms with E-state index in [-0.39, 0.29) is 10.7 Å². The van der Waals surface area contributed by atoms with Gasteiger partial charge in [-0.2, -0.15) is 11.8 Å². The molecule has 0 bridgehead atoms. The van der Waals surface area contributed by atoms with E-state index in [1.807, 2.05) is 13.2 Å². The molecule has 0 fully saturated rings. The second kappa shape index (κ2) is 9.91. The normalized spacial score (nSPS) is 11.8. The lowest BCUT2D eigenvalue weighted by atomic mass is 10.2. The lowest BCUT2D eigenvalue weighted by Crippen LogP contribution is -2.42. The predicted octanol–water partition coefficient (Wildman–Crippen LogP) is 2.27. The number of carbonyl (C=O) groups excluding carboxylic acids is 2. The number of carbonyl (C=O) groups is 2. The SMILES string of the molecule is CCSc1ncc(Cl)c(C(=O)NC(CCSC)C(=O)OC)n1. The molecule has 1 unspecified atom stereocenters. The zero-order valence-electron chi connectivity index (χ0n) is 12.6. The molecule has 22 heavy (non-hydrogen) atoms. The monoisotopic (exact) mass is 363 g/mol. The molecule has 1 rings (SSSR count). The highest BCUT2D eigenvalue weighted by atomic mass is 35.5. The summed E-state index contributed by atoms with van der Waals surface area (Å²) in [6.07, 6.45) is 3.78. The highest BCUT2D eigenvalue weighted by Crippen LogP contribution is 2.18. The molecule has 6 nitrogen and oxygen atoms in total. The second-order valence-corrected chi connectivity index (χ2v) is 6.74. The Balaban J connectivity index is 2.88. The first-order valence-corrected chi connectivity index (χ1v) is 9.32. The van der Waals surface area contributed by atoms with Gasteiger partial charge in [0.15, 0.2) is 10.9 Å². The van der Waals surface area contributed by atoms with E-state index in [1.165, 1.54) is 25.1 Å². The van der Waals surface area contributed by atoms with Gasteiger partial charge in [0.1, 0.15) is 6.04 Å². The van der Waals surface area contributed by atoms with Crippen LogP contribution >= 0.6 is 35.1 Å². The Morgan fingerprint density at radius 3 is 2.82 bits per heavy atom. The average molecular weight is 364 g/mol. The molecule has 0 aliphatic heterocycles. The summed E-state index contributed by atoms with van der Waals surface area (Å²) in [5.74, 6) is 0.493. The largest absolute Gasteiger partial charge is 0.467 e. The average Bonchev–Trinajstić information content (AvgIpc) is 2.52. The topological polar surface area (TPSA) is 81.2 Å². The fraction of sp³-hybridized carbons (Fsp3) is 0.538. The number of hydrogen-bond donors (Lipinski definition) is 1. The first-order chi connectivity index (χ1) is 10.5. The summed E-state index contributed by atoms with van der Waals surface area (Å²) < 4.78 is 4.71. The van der Waals surface area contributed by atoms with Crippen LogP contribution in [0.1, 0.15) is 23.8 Å². The zero-order valence-corrected chi connectivity index (χ0v) is 15.0. The molecule has 1 heterocycles. The van der Waals surface area contributed by atoms with Crippen LogP contribution in [0.25, 0.3) is 0 Å². The molecule has 0 saturated heterocycles. The van der Waals surface area contributed by atoms with Crippen molar-refractivity contribution in [2.24, 2.45) is 0 Å². The third kappa shape index (κ3) is 5.66. The van der Waals surface area contributed by atoms with Crippen molar-refractivity contribution in [1.82, 2.24) is 15.3 Å². The van der Waals surface area contributed by atoms with Crippen molar-refractivity contribution in [3.8, 4) is 0 Å². The molecule has 0 saturated carbocycles. The molecule has 1 amide bonds. The van der Waals surface area contributed by atoms with Gasteiger partial charge in [0.2, 0.25) is 0 Å². The van der Waals surface area contributed by atoms with E-state index in [0.717, 1.165) is 5.75 Å². The Morgan fingerprint density at radius 2 is 2.23 bits per heavy atom. The second-order valence-electron chi connectivity index (χ2n) is 4.11. The number of aromatic nitrogens is 2. The van der Waals surface area contributed by atoms with Crippen molar-refractivity contribution in [2.75, 3.05) is 24.9 Å². The maximum absolute atomic E-state index is 12.3. The van der Waals surface area contributed by atoms with E-state index in [9.17, 15) is 9.59 Å². The number of hydrogen-bond acceptors (Lipinski definition) is 7. The standard InChI is InChI=1S/C13H18ClN3O3S2/c1-4-22-13-15-7-8(14)10(17-13)11(18)16-9(5-6-21-3)12(19)20-2/h7,9H,4-6H2,1-3H3,(H,16,18). The lowest BCUT2D eigenvalue weighted by Gasteiger charge is -2.16. The number of ether oxygens (including phenoxy) is 1. The van der Waals surface area contributed by atoms with Crippen molar-refractivity contribution in [3.63, 3.8) is 0 Å². The molecule has 0 radical (unpaired) electrons. The van der Waals surface area contributed by atoms with Crippen LogP contribution in [0, 0.1) is 0 Å². The number of halogens is 1. The van der Waals surface area contributed by atoms with E-state index in [4.69, 9.17) is 16.3 Å². The van der Waals surface area contributed by atoms with E-state index < -0.39 is 17.9 Å². The number of nitrogens with one attached hydrogen (secondary N) is 1. The smallest absolute Gasteiger partial charge is 0.328 e. The first-order valence-electron chi connectivity index (χ1n) is 6.56. The van der Waals surface area contributed by atoms with E-state index in [0.29, 0.717) is 17.3 Å². The molecule has 0 aliphatic rings. The van der Waals surface area contributed by atoms with Crippen LogP contribution < -0.4 is 5.32 Å². The molecule has 122 valence electrons. The maximum atomic E-state index is 12.3. The Hall–Kier alpha value is -0.990. The Morgan fingerprint density at radius 1 is 1.50 bits per heavy atom. The molecular formula is C13H18ClN3O3S2. The van der Waals surface area contributed by atoms with E-state index in [2.05, 4.69) is 15.3 Å². The number of thioether (sulfide) groups is 2. The molecule has 0 spiro atoms. The highest BCUT2D eigenvalue weighted by molar-refractivity contribution is 7.99. The van der Waals surface area contributed by atoms with Gasteiger partial charge in [-0.1, -0.05) is 30.3 Å². The summed E-state index contributed by atoms with van der Waals surface area (Å²) in [5.41, 5.74) is 0.0608. The molecule has 9 heteroatoms. The summed E-state index contributed by atoms with van der Waals surface area (Å²) in [7, 11) is 1.29. The van der Waals surface area contributed by atoms with Crippen molar-refractivity contribution in [1.29, 1.82) is 0 Å². The number of nitrogens with zero attached hydrogens (tertiary/aromatic N) is 2. The fourth-order valence-electron chi connectivity index (χ4n) is 1.56. The Bertz CT molecular complexity index is 531. The Labute approximate surface area is 143 Å². The van der Waals surface area contributed by atoms with Gasteiger partial charge < -0.3 is 10.1 Å². The molecule has 0 aliphatic carbocycles. The number of amides is 1. The molecular weight excluding hydrogens is 346 g/mol. The zero-order chi connectivity index (χ0) is 16.5. The lowest BCUT2D eigenvalue weighted by molar-refractivity contribution is -0.142. The van der Waals surface area contributed by atoms with Crippen LogP contribution in [0.2, 0.25) is 5.02 Å². The molecule has 1 atom stereocenters. The van der Waals surface area contributed by atoms with Gasteiger partial charge in [-0.3, -0.25) is 4.79 Å². The fourth-order valence-corrected chi connectivity index (χ4v) is 2.75. The van der Waals surface area contributed by atoms with Gasteiger partial charge in [-0.05, 0) is 24.2 Å². The van der Waals surface area contributed by atoms with Crippen LogP contribution in [-0.4, -0.2) is 52.8 Å². The van der Waals surface area contributed by atoms with Gasteiger partial charge in [-0.25, -0.2) is 14.8 Å². The van der Waals surface area contributed by atoms with Crippen molar-refractivity contribution < 1.29 is 14.3 Å². The van der Waals surface area contributed by atoms with Gasteiger partial charge in [-0.15, -0.1) is 0 Å². The molecule has 1 N–H and O–H groups in total. The van der Waals surface area contributed by atoms with Crippen LogP contribution in [0.4, 0.5) is 0 Å². The minimum atomic E-state index is -0.724. The third-order valence-electron chi connectivity index (χ3n) is 2.61. The maximum Gasteiger partial charge on any atom is 0.328 e. The van der Waals surface area contributed by atoms with Gasteiger partial charge >= 0.3 is 5.97 Å².